The predicted octanol–water partition coefficient (Wildman–Crippen LogP) is 16.7. The average Bonchev–Trinajstić information content (AvgIpc) is 1.54. The van der Waals surface area contributed by atoms with Crippen molar-refractivity contribution >= 4 is 80.1 Å². The Morgan fingerprint density at radius 3 is 0.950 bits per heavy atom. The van der Waals surface area contributed by atoms with Crippen LogP contribution < -0.4 is 20.4 Å². The van der Waals surface area contributed by atoms with Gasteiger partial charge in [0, 0.05) is 83.9 Å². The number of hydrogen-bond donors (Lipinski definition) is 2. The van der Waals surface area contributed by atoms with Crippen LogP contribution in [0.3, 0.4) is 0 Å². The quantitative estimate of drug-likeness (QED) is 0.0803. The van der Waals surface area contributed by atoms with E-state index in [2.05, 4.69) is 90.2 Å². The molecule has 14 nitrogen and oxygen atoms in total. The molecule has 4 heterocycles. The number of benzene rings is 10. The van der Waals surface area contributed by atoms with Crippen molar-refractivity contribution in [3.8, 4) is 0 Å². The summed E-state index contributed by atoms with van der Waals surface area (Å²) in [4.78, 5) is 82.3. The monoisotopic (exact) mass is 1330 g/mol. The number of para-hydroxylation sites is 6. The Kier molecular flexibility index (Phi) is 22.2. The first-order chi connectivity index (χ1) is 48.7. The van der Waals surface area contributed by atoms with Crippen molar-refractivity contribution in [2.75, 3.05) is 33.6 Å². The summed E-state index contributed by atoms with van der Waals surface area (Å²) in [5, 5.41) is 8.15. The Morgan fingerprint density at radius 2 is 0.640 bits per heavy atom. The molecule has 0 saturated heterocycles. The standard InChI is InChI=1S/2C39H33N3O2.2C4H8O2/c2*1-28(37(43)40-31-19-9-4-10-20-31)39(33-22-12-14-24-36(33)42(38(39)44)26-30-17-7-3-8-18-30)34-27-41(25-29-15-5-2-6-16-29)35-23-13-11-21-32(34)35;2*1-3-6-4(2)5/h2*2-24,27-28H,25-26H2,1H3,(H,40,43);2*3H2,1-2H3/t2*28-,39+;;/m10../s1. The minimum absolute atomic E-state index is 0.0964. The van der Waals surface area contributed by atoms with E-state index in [-0.39, 0.29) is 35.6 Å². The SMILES string of the molecule is CCOC(C)=O.CCOC(C)=O.C[C@@H](C(=O)Nc1ccccc1)[C@@]1(c2cn(Cc3ccccc3)c3ccccc23)C(=O)N(Cc2ccccc2)c2ccccc21.C[C@H](C(=O)Nc1ccccc1)[C@]1(c2cn(Cc3ccccc3)c3ccccc23)C(=O)N(Cc2ccccc2)c2ccccc21. The van der Waals surface area contributed by atoms with Gasteiger partial charge in [-0.15, -0.1) is 0 Å². The molecule has 504 valence electrons. The molecular weight excluding hydrogens is 1240 g/mol. The number of ether oxygens (including phenoxy) is 2. The van der Waals surface area contributed by atoms with Gasteiger partial charge in [0.15, 0.2) is 0 Å². The molecule has 0 bridgehead atoms. The third-order valence-corrected chi connectivity index (χ3v) is 18.5. The van der Waals surface area contributed by atoms with Crippen molar-refractivity contribution in [1.29, 1.82) is 0 Å². The van der Waals surface area contributed by atoms with E-state index in [4.69, 9.17) is 0 Å². The van der Waals surface area contributed by atoms with Crippen LogP contribution in [0, 0.1) is 11.8 Å². The number of anilines is 4. The van der Waals surface area contributed by atoms with Gasteiger partial charge >= 0.3 is 11.9 Å². The van der Waals surface area contributed by atoms with Crippen molar-refractivity contribution in [2.24, 2.45) is 11.8 Å². The van der Waals surface area contributed by atoms with E-state index >= 15 is 9.59 Å². The van der Waals surface area contributed by atoms with E-state index in [0.29, 0.717) is 50.8 Å². The normalized spacial score (nSPS) is 15.5. The molecule has 4 atom stereocenters. The summed E-state index contributed by atoms with van der Waals surface area (Å²) in [7, 11) is 0. The van der Waals surface area contributed by atoms with Crippen LogP contribution in [-0.4, -0.2) is 57.9 Å². The zero-order valence-corrected chi connectivity index (χ0v) is 57.2. The third kappa shape index (κ3) is 14.7. The summed E-state index contributed by atoms with van der Waals surface area (Å²) in [6.07, 6.45) is 4.20. The first kappa shape index (κ1) is 69.5. The summed E-state index contributed by atoms with van der Waals surface area (Å²) in [6.45, 7) is 13.2. The maximum Gasteiger partial charge on any atom is 0.302 e. The van der Waals surface area contributed by atoms with Gasteiger partial charge in [-0.2, -0.15) is 0 Å². The molecule has 2 aliphatic heterocycles. The largest absolute Gasteiger partial charge is 0.466 e. The van der Waals surface area contributed by atoms with Crippen molar-refractivity contribution in [3.63, 3.8) is 0 Å². The van der Waals surface area contributed by atoms with Crippen molar-refractivity contribution in [3.05, 3.63) is 336 Å². The van der Waals surface area contributed by atoms with Crippen molar-refractivity contribution in [2.45, 2.75) is 78.6 Å². The topological polar surface area (TPSA) is 161 Å². The molecule has 0 aliphatic carbocycles. The maximum absolute atomic E-state index is 15.2. The van der Waals surface area contributed by atoms with Crippen LogP contribution in [0.2, 0.25) is 0 Å². The minimum atomic E-state index is -1.26. The van der Waals surface area contributed by atoms with Crippen LogP contribution in [0.15, 0.2) is 291 Å². The predicted molar refractivity (Wildman–Crippen MR) is 398 cm³/mol. The molecule has 10 aromatic carbocycles. The van der Waals surface area contributed by atoms with Gasteiger partial charge in [0.2, 0.25) is 23.6 Å². The molecule has 0 radical (unpaired) electrons. The molecule has 12 aromatic rings. The second kappa shape index (κ2) is 32.0. The van der Waals surface area contributed by atoms with E-state index in [1.165, 1.54) is 13.8 Å². The zero-order valence-electron chi connectivity index (χ0n) is 57.2. The fourth-order valence-electron chi connectivity index (χ4n) is 13.9. The molecule has 2 aliphatic rings. The highest BCUT2D eigenvalue weighted by atomic mass is 16.5. The number of nitrogens with zero attached hydrogens (tertiary/aromatic N) is 4. The molecule has 2 aromatic heterocycles. The number of fused-ring (bicyclic) bond motifs is 4. The van der Waals surface area contributed by atoms with E-state index in [9.17, 15) is 19.2 Å². The van der Waals surface area contributed by atoms with E-state index in [0.717, 1.165) is 77.7 Å². The molecule has 14 heteroatoms. The van der Waals surface area contributed by atoms with Crippen LogP contribution in [0.1, 0.15) is 86.1 Å². The molecule has 100 heavy (non-hydrogen) atoms. The number of carbonyl (C=O) groups excluding carboxylic acids is 6. The number of esters is 2. The van der Waals surface area contributed by atoms with Crippen molar-refractivity contribution in [1.82, 2.24) is 9.13 Å². The van der Waals surface area contributed by atoms with Gasteiger partial charge in [-0.3, -0.25) is 28.8 Å². The highest BCUT2D eigenvalue weighted by Crippen LogP contribution is 2.55. The smallest absolute Gasteiger partial charge is 0.302 e. The number of aromatic nitrogens is 2. The minimum Gasteiger partial charge on any atom is -0.466 e. The molecule has 0 unspecified atom stereocenters. The lowest BCUT2D eigenvalue weighted by molar-refractivity contribution is -0.141. The molecule has 0 fully saturated rings. The maximum atomic E-state index is 15.2. The Bertz CT molecular complexity index is 4490. The fraction of sp³-hybridized carbons (Fsp3) is 0.186. The van der Waals surface area contributed by atoms with Gasteiger partial charge in [-0.25, -0.2) is 0 Å². The van der Waals surface area contributed by atoms with Gasteiger partial charge in [-0.1, -0.05) is 244 Å². The number of hydrogen-bond acceptors (Lipinski definition) is 8. The lowest BCUT2D eigenvalue weighted by atomic mass is 9.66. The van der Waals surface area contributed by atoms with Gasteiger partial charge in [0.25, 0.3) is 0 Å². The highest BCUT2D eigenvalue weighted by Gasteiger charge is 2.60. The third-order valence-electron chi connectivity index (χ3n) is 18.5. The Labute approximate surface area is 584 Å². The molecule has 14 rings (SSSR count). The van der Waals surface area contributed by atoms with Crippen LogP contribution in [-0.2, 0) is 75.2 Å². The Morgan fingerprint density at radius 1 is 0.360 bits per heavy atom. The first-order valence-electron chi connectivity index (χ1n) is 33.8. The molecule has 2 N–H and O–H groups in total. The molecule has 4 amide bonds. The molecule has 0 spiro atoms. The number of carbonyl (C=O) groups is 6. The van der Waals surface area contributed by atoms with Crippen LogP contribution in [0.5, 0.6) is 0 Å². The van der Waals surface area contributed by atoms with Gasteiger partial charge < -0.3 is 39.0 Å². The number of rotatable bonds is 18. The van der Waals surface area contributed by atoms with Crippen LogP contribution >= 0.6 is 0 Å². The Hall–Kier alpha value is -11.9. The average molecular weight is 1330 g/mol. The zero-order chi connectivity index (χ0) is 70.2. The summed E-state index contributed by atoms with van der Waals surface area (Å²) in [5.74, 6) is -2.49. The summed E-state index contributed by atoms with van der Waals surface area (Å²) < 4.78 is 13.2. The summed E-state index contributed by atoms with van der Waals surface area (Å²) >= 11 is 0. The van der Waals surface area contributed by atoms with Gasteiger partial charge in [0.1, 0.15) is 10.8 Å². The van der Waals surface area contributed by atoms with Crippen molar-refractivity contribution < 1.29 is 38.2 Å². The fourth-order valence-corrected chi connectivity index (χ4v) is 13.9. The van der Waals surface area contributed by atoms with Gasteiger partial charge in [-0.05, 0) is 107 Å². The van der Waals surface area contributed by atoms with E-state index < -0.39 is 22.7 Å². The highest BCUT2D eigenvalue weighted by molar-refractivity contribution is 6.17. The second-order valence-electron chi connectivity index (χ2n) is 24.8. The van der Waals surface area contributed by atoms with Crippen LogP contribution in [0.4, 0.5) is 22.7 Å². The van der Waals surface area contributed by atoms with E-state index in [1.807, 2.05) is 254 Å². The van der Waals surface area contributed by atoms with E-state index in [1.54, 1.807) is 13.8 Å². The number of amides is 4. The summed E-state index contributed by atoms with van der Waals surface area (Å²) in [6, 6.07) is 91.9. The van der Waals surface area contributed by atoms with Crippen LogP contribution in [0.25, 0.3) is 21.8 Å². The number of nitrogens with one attached hydrogen (secondary N) is 2. The summed E-state index contributed by atoms with van der Waals surface area (Å²) in [5.41, 5.74) is 10.3. The van der Waals surface area contributed by atoms with Gasteiger partial charge in [0.05, 0.1) is 38.1 Å². The molecular formula is C86H82N6O8. The lowest BCUT2D eigenvalue weighted by Gasteiger charge is -2.34. The lowest BCUT2D eigenvalue weighted by Crippen LogP contribution is -2.49. The molecule has 0 saturated carbocycles. The Balaban J connectivity index is 0.000000173. The first-order valence-corrected chi connectivity index (χ1v) is 33.8. The second-order valence-corrected chi connectivity index (χ2v) is 24.8.